The number of aromatic nitrogens is 2. The number of nitrogens with one attached hydrogen (secondary N) is 1. The van der Waals surface area contributed by atoms with Crippen LogP contribution in [0.4, 0.5) is 5.95 Å². The molecule has 1 aliphatic rings. The van der Waals surface area contributed by atoms with Crippen LogP contribution in [0, 0.1) is 18.3 Å². The van der Waals surface area contributed by atoms with Crippen molar-refractivity contribution in [2.75, 3.05) is 18.1 Å². The van der Waals surface area contributed by atoms with Crippen LogP contribution < -0.4 is 10.6 Å². The highest BCUT2D eigenvalue weighted by Gasteiger charge is 2.32. The van der Waals surface area contributed by atoms with E-state index in [-0.39, 0.29) is 18.5 Å². The molecule has 2 atom stereocenters. The van der Waals surface area contributed by atoms with E-state index in [1.165, 1.54) is 0 Å². The highest BCUT2D eigenvalue weighted by Crippen LogP contribution is 2.27. The SMILES string of the molecule is Cc1cc(C(=N)N)nc(N2CCC(C)C2CO)n1. The zero-order valence-corrected chi connectivity index (χ0v) is 10.7. The van der Waals surface area contributed by atoms with Crippen LogP contribution in [0.3, 0.4) is 0 Å². The maximum atomic E-state index is 9.45. The Kier molecular flexibility index (Phi) is 3.47. The van der Waals surface area contributed by atoms with E-state index in [1.54, 1.807) is 6.07 Å². The normalized spacial score (nSPS) is 23.4. The number of hydrogen-bond donors (Lipinski definition) is 3. The molecule has 1 aliphatic heterocycles. The predicted molar refractivity (Wildman–Crippen MR) is 69.8 cm³/mol. The van der Waals surface area contributed by atoms with Gasteiger partial charge >= 0.3 is 0 Å². The van der Waals surface area contributed by atoms with E-state index >= 15 is 0 Å². The summed E-state index contributed by atoms with van der Waals surface area (Å²) < 4.78 is 0. The summed E-state index contributed by atoms with van der Waals surface area (Å²) in [6.45, 7) is 4.88. The summed E-state index contributed by atoms with van der Waals surface area (Å²) in [4.78, 5) is 10.7. The second kappa shape index (κ2) is 4.89. The highest BCUT2D eigenvalue weighted by molar-refractivity contribution is 5.93. The van der Waals surface area contributed by atoms with E-state index in [2.05, 4.69) is 16.9 Å². The third-order valence-electron chi connectivity index (χ3n) is 3.44. The minimum absolute atomic E-state index is 0.0478. The van der Waals surface area contributed by atoms with E-state index in [1.807, 2.05) is 11.8 Å². The Morgan fingerprint density at radius 1 is 1.61 bits per heavy atom. The Morgan fingerprint density at radius 2 is 2.33 bits per heavy atom. The first-order valence-corrected chi connectivity index (χ1v) is 6.10. The molecule has 1 aromatic heterocycles. The lowest BCUT2D eigenvalue weighted by atomic mass is 10.0. The van der Waals surface area contributed by atoms with E-state index in [9.17, 15) is 5.11 Å². The quantitative estimate of drug-likeness (QED) is 0.527. The van der Waals surface area contributed by atoms with Crippen molar-refractivity contribution in [2.45, 2.75) is 26.3 Å². The zero-order valence-electron chi connectivity index (χ0n) is 10.7. The molecule has 2 heterocycles. The monoisotopic (exact) mass is 249 g/mol. The fourth-order valence-electron chi connectivity index (χ4n) is 2.35. The van der Waals surface area contributed by atoms with E-state index in [0.717, 1.165) is 18.7 Å². The number of hydrogen-bond acceptors (Lipinski definition) is 5. The summed E-state index contributed by atoms with van der Waals surface area (Å²) in [6.07, 6.45) is 1.01. The van der Waals surface area contributed by atoms with Crippen LogP contribution in [0.1, 0.15) is 24.7 Å². The van der Waals surface area contributed by atoms with Gasteiger partial charge in [-0.15, -0.1) is 0 Å². The molecular weight excluding hydrogens is 230 g/mol. The molecule has 0 bridgehead atoms. The summed E-state index contributed by atoms with van der Waals surface area (Å²) in [5, 5.41) is 16.9. The van der Waals surface area contributed by atoms with Gasteiger partial charge in [0.15, 0.2) is 0 Å². The van der Waals surface area contributed by atoms with Gasteiger partial charge in [-0.05, 0) is 25.3 Å². The fourth-order valence-corrected chi connectivity index (χ4v) is 2.35. The second-order valence-electron chi connectivity index (χ2n) is 4.82. The zero-order chi connectivity index (χ0) is 13.3. The van der Waals surface area contributed by atoms with Crippen molar-refractivity contribution in [1.29, 1.82) is 5.41 Å². The Hall–Kier alpha value is -1.69. The van der Waals surface area contributed by atoms with Gasteiger partial charge in [0, 0.05) is 12.2 Å². The van der Waals surface area contributed by atoms with E-state index in [4.69, 9.17) is 11.1 Å². The number of amidine groups is 1. The Labute approximate surface area is 106 Å². The molecule has 0 amide bonds. The average molecular weight is 249 g/mol. The summed E-state index contributed by atoms with van der Waals surface area (Å²) in [7, 11) is 0. The molecule has 0 saturated carbocycles. The lowest BCUT2D eigenvalue weighted by molar-refractivity contribution is 0.244. The van der Waals surface area contributed by atoms with Crippen LogP contribution >= 0.6 is 0 Å². The Balaban J connectivity index is 2.36. The standard InChI is InChI=1S/C12H19N5O/c1-7-3-4-17(10(7)6-18)12-15-8(2)5-9(16-12)11(13)14/h5,7,10,18H,3-4,6H2,1-2H3,(H3,13,14). The molecule has 0 aromatic carbocycles. The van der Waals surface area contributed by atoms with Crippen LogP contribution in [-0.4, -0.2) is 40.1 Å². The van der Waals surface area contributed by atoms with Gasteiger partial charge in [0.05, 0.1) is 12.6 Å². The van der Waals surface area contributed by atoms with Crippen molar-refractivity contribution in [3.63, 3.8) is 0 Å². The van der Waals surface area contributed by atoms with Crippen molar-refractivity contribution < 1.29 is 5.11 Å². The number of aliphatic hydroxyl groups excluding tert-OH is 1. The summed E-state index contributed by atoms with van der Waals surface area (Å²) in [5.41, 5.74) is 6.69. The molecule has 0 aliphatic carbocycles. The van der Waals surface area contributed by atoms with Gasteiger partial charge in [-0.1, -0.05) is 6.92 Å². The number of nitrogens with zero attached hydrogens (tertiary/aromatic N) is 3. The molecule has 6 heteroatoms. The van der Waals surface area contributed by atoms with E-state index in [0.29, 0.717) is 17.6 Å². The minimum Gasteiger partial charge on any atom is -0.394 e. The molecule has 2 unspecified atom stereocenters. The second-order valence-corrected chi connectivity index (χ2v) is 4.82. The third-order valence-corrected chi connectivity index (χ3v) is 3.44. The molecule has 1 aromatic rings. The lowest BCUT2D eigenvalue weighted by Crippen LogP contribution is -2.36. The molecule has 98 valence electrons. The van der Waals surface area contributed by atoms with Gasteiger partial charge in [-0.3, -0.25) is 5.41 Å². The maximum Gasteiger partial charge on any atom is 0.226 e. The van der Waals surface area contributed by atoms with Crippen LogP contribution in [0.25, 0.3) is 0 Å². The minimum atomic E-state index is -0.0606. The van der Waals surface area contributed by atoms with Crippen molar-refractivity contribution in [1.82, 2.24) is 9.97 Å². The smallest absolute Gasteiger partial charge is 0.226 e. The first-order chi connectivity index (χ1) is 8.52. The molecule has 1 fully saturated rings. The first kappa shape index (κ1) is 12.8. The molecule has 1 saturated heterocycles. The van der Waals surface area contributed by atoms with Gasteiger partial charge in [0.25, 0.3) is 0 Å². The molecule has 0 spiro atoms. The number of anilines is 1. The molecule has 2 rings (SSSR count). The fraction of sp³-hybridized carbons (Fsp3) is 0.583. The van der Waals surface area contributed by atoms with Crippen LogP contribution in [0.5, 0.6) is 0 Å². The number of rotatable bonds is 3. The molecule has 6 nitrogen and oxygen atoms in total. The van der Waals surface area contributed by atoms with Gasteiger partial charge in [0.1, 0.15) is 11.5 Å². The van der Waals surface area contributed by atoms with Crippen LogP contribution in [0.15, 0.2) is 6.07 Å². The van der Waals surface area contributed by atoms with E-state index < -0.39 is 0 Å². The van der Waals surface area contributed by atoms with Crippen LogP contribution in [0.2, 0.25) is 0 Å². The maximum absolute atomic E-state index is 9.45. The van der Waals surface area contributed by atoms with Gasteiger partial charge in [-0.25, -0.2) is 9.97 Å². The summed E-state index contributed by atoms with van der Waals surface area (Å²) >= 11 is 0. The third kappa shape index (κ3) is 2.28. The number of nitrogens with two attached hydrogens (primary N) is 1. The van der Waals surface area contributed by atoms with Gasteiger partial charge in [0.2, 0.25) is 5.95 Å². The van der Waals surface area contributed by atoms with Crippen molar-refractivity contribution in [3.05, 3.63) is 17.5 Å². The predicted octanol–water partition coefficient (Wildman–Crippen LogP) is 0.276. The number of aliphatic hydroxyl groups is 1. The highest BCUT2D eigenvalue weighted by atomic mass is 16.3. The Bertz CT molecular complexity index is 462. The van der Waals surface area contributed by atoms with Gasteiger partial charge in [-0.2, -0.15) is 0 Å². The number of nitrogen functional groups attached to an aromatic ring is 1. The molecule has 18 heavy (non-hydrogen) atoms. The average Bonchev–Trinajstić information content (AvgIpc) is 2.69. The van der Waals surface area contributed by atoms with Crippen LogP contribution in [-0.2, 0) is 0 Å². The molecule has 0 radical (unpaired) electrons. The lowest BCUT2D eigenvalue weighted by Gasteiger charge is -2.25. The van der Waals surface area contributed by atoms with Crippen molar-refractivity contribution in [2.24, 2.45) is 11.7 Å². The topological polar surface area (TPSA) is 99.1 Å². The van der Waals surface area contributed by atoms with Crippen molar-refractivity contribution in [3.8, 4) is 0 Å². The van der Waals surface area contributed by atoms with Gasteiger partial charge < -0.3 is 15.7 Å². The first-order valence-electron chi connectivity index (χ1n) is 6.10. The summed E-state index contributed by atoms with van der Waals surface area (Å²) in [5.74, 6) is 0.915. The Morgan fingerprint density at radius 3 is 2.94 bits per heavy atom. The molecule has 4 N–H and O–H groups in total. The summed E-state index contributed by atoms with van der Waals surface area (Å²) in [6, 6.07) is 1.74. The number of aryl methyl sites for hydroxylation is 1. The largest absolute Gasteiger partial charge is 0.394 e. The molecular formula is C12H19N5O. The van der Waals surface area contributed by atoms with Crippen molar-refractivity contribution >= 4 is 11.8 Å².